The van der Waals surface area contributed by atoms with Gasteiger partial charge in [-0.2, -0.15) is 0 Å². The van der Waals surface area contributed by atoms with Crippen LogP contribution >= 0.6 is 31.9 Å². The van der Waals surface area contributed by atoms with E-state index < -0.39 is 0 Å². The molecule has 0 unspecified atom stereocenters. The molecule has 0 atom stereocenters. The van der Waals surface area contributed by atoms with Crippen LogP contribution in [0.2, 0.25) is 0 Å². The minimum atomic E-state index is 0.118. The Labute approximate surface area is 232 Å². The van der Waals surface area contributed by atoms with Gasteiger partial charge in [0.1, 0.15) is 0 Å². The van der Waals surface area contributed by atoms with Crippen molar-refractivity contribution < 1.29 is 0 Å². The van der Waals surface area contributed by atoms with Gasteiger partial charge in [-0.25, -0.2) is 0 Å². The van der Waals surface area contributed by atoms with Crippen LogP contribution in [0.15, 0.2) is 93.9 Å². The molecule has 0 N–H and O–H groups in total. The second kappa shape index (κ2) is 9.15. The summed E-state index contributed by atoms with van der Waals surface area (Å²) in [4.78, 5) is 0. The van der Waals surface area contributed by atoms with Crippen molar-refractivity contribution in [3.63, 3.8) is 0 Å². The molecule has 0 heterocycles. The molecule has 2 heteroatoms. The highest BCUT2D eigenvalue weighted by Crippen LogP contribution is 2.46. The van der Waals surface area contributed by atoms with Gasteiger partial charge < -0.3 is 0 Å². The van der Waals surface area contributed by atoms with E-state index in [4.69, 9.17) is 0 Å². The van der Waals surface area contributed by atoms with Gasteiger partial charge in [0.05, 0.1) is 0 Å². The summed E-state index contributed by atoms with van der Waals surface area (Å²) in [7, 11) is 0. The molecule has 182 valence electrons. The molecule has 0 aliphatic rings. The summed E-state index contributed by atoms with van der Waals surface area (Å²) in [5.74, 6) is 0. The van der Waals surface area contributed by atoms with Crippen molar-refractivity contribution in [2.75, 3.05) is 0 Å². The summed E-state index contributed by atoms with van der Waals surface area (Å²) in [6.45, 7) is 13.6. The van der Waals surface area contributed by atoms with Gasteiger partial charge in [0.15, 0.2) is 0 Å². The number of rotatable bonds is 2. The summed E-state index contributed by atoms with van der Waals surface area (Å²) >= 11 is 7.45. The highest BCUT2D eigenvalue weighted by Gasteiger charge is 2.20. The van der Waals surface area contributed by atoms with Crippen LogP contribution in [0.5, 0.6) is 0 Å². The topological polar surface area (TPSA) is 0 Å². The minimum Gasteiger partial charge on any atom is -0.0579 e. The molecule has 0 bridgehead atoms. The second-order valence-corrected chi connectivity index (χ2v) is 13.6. The van der Waals surface area contributed by atoms with E-state index in [0.29, 0.717) is 0 Å². The van der Waals surface area contributed by atoms with Crippen LogP contribution in [0.4, 0.5) is 0 Å². The molecular weight excluding hydrogens is 568 g/mol. The van der Waals surface area contributed by atoms with E-state index in [2.05, 4.69) is 158 Å². The first-order chi connectivity index (χ1) is 16.9. The SMILES string of the molecule is CC(C)(C)c1ccc(-c2c(-c3ccc(C(C)(C)C)cc3)c3ccc(Br)cc3c3cc(Br)ccc23)cc1. The first-order valence-corrected chi connectivity index (χ1v) is 14.1. The van der Waals surface area contributed by atoms with Crippen LogP contribution in [-0.4, -0.2) is 0 Å². The Morgan fingerprint density at radius 2 is 0.750 bits per heavy atom. The van der Waals surface area contributed by atoms with Crippen LogP contribution in [0, 0.1) is 0 Å². The average Bonchev–Trinajstić information content (AvgIpc) is 2.82. The molecule has 0 saturated carbocycles. The van der Waals surface area contributed by atoms with Gasteiger partial charge in [0, 0.05) is 8.95 Å². The zero-order valence-electron chi connectivity index (χ0n) is 21.8. The van der Waals surface area contributed by atoms with Gasteiger partial charge in [-0.3, -0.25) is 0 Å². The van der Waals surface area contributed by atoms with Gasteiger partial charge in [0.25, 0.3) is 0 Å². The Kier molecular flexibility index (Phi) is 6.42. The quantitative estimate of drug-likeness (QED) is 0.177. The smallest absolute Gasteiger partial charge is 0.0181 e. The van der Waals surface area contributed by atoms with E-state index in [1.165, 1.54) is 54.9 Å². The van der Waals surface area contributed by atoms with Crippen LogP contribution in [0.1, 0.15) is 52.7 Å². The maximum Gasteiger partial charge on any atom is 0.0181 e. The van der Waals surface area contributed by atoms with Gasteiger partial charge in [-0.1, -0.05) is 134 Å². The van der Waals surface area contributed by atoms with E-state index in [0.717, 1.165) is 8.95 Å². The van der Waals surface area contributed by atoms with Gasteiger partial charge in [0.2, 0.25) is 0 Å². The van der Waals surface area contributed by atoms with Crippen molar-refractivity contribution in [2.24, 2.45) is 0 Å². The van der Waals surface area contributed by atoms with Crippen molar-refractivity contribution >= 4 is 53.4 Å². The van der Waals surface area contributed by atoms with E-state index >= 15 is 0 Å². The summed E-state index contributed by atoms with van der Waals surface area (Å²) < 4.78 is 2.18. The molecule has 0 amide bonds. The lowest BCUT2D eigenvalue weighted by Crippen LogP contribution is -2.10. The van der Waals surface area contributed by atoms with Gasteiger partial charge in [-0.15, -0.1) is 0 Å². The third-order valence-corrected chi connectivity index (χ3v) is 8.11. The fraction of sp³-hybridized carbons (Fsp3) is 0.235. The fourth-order valence-corrected chi connectivity index (χ4v) is 5.78. The van der Waals surface area contributed by atoms with E-state index in [-0.39, 0.29) is 10.8 Å². The third-order valence-electron chi connectivity index (χ3n) is 7.12. The zero-order valence-corrected chi connectivity index (χ0v) is 25.0. The number of hydrogen-bond acceptors (Lipinski definition) is 0. The number of hydrogen-bond donors (Lipinski definition) is 0. The number of halogens is 2. The lowest BCUT2D eigenvalue weighted by Gasteiger charge is -2.23. The predicted octanol–water partition coefficient (Wildman–Crippen LogP) is 11.4. The maximum absolute atomic E-state index is 3.73. The summed E-state index contributed by atoms with van der Waals surface area (Å²) in [6.07, 6.45) is 0. The monoisotopic (exact) mass is 598 g/mol. The standard InChI is InChI=1S/C34H32Br2/c1-33(2,3)23-11-7-21(8-12-23)31-27-17-15-25(35)19-29(27)30-20-26(36)16-18-28(30)32(31)22-9-13-24(14-10-22)34(4,5)6/h7-20H,1-6H3. The van der Waals surface area contributed by atoms with Gasteiger partial charge >= 0.3 is 0 Å². The molecule has 0 fully saturated rings. The molecule has 0 nitrogen and oxygen atoms in total. The molecule has 0 radical (unpaired) electrons. The van der Waals surface area contributed by atoms with E-state index in [1.54, 1.807) is 0 Å². The molecule has 0 aliphatic heterocycles. The Morgan fingerprint density at radius 1 is 0.417 bits per heavy atom. The lowest BCUT2D eigenvalue weighted by molar-refractivity contribution is 0.590. The molecular formula is C34H32Br2. The molecule has 5 rings (SSSR count). The molecule has 5 aromatic carbocycles. The molecule has 36 heavy (non-hydrogen) atoms. The second-order valence-electron chi connectivity index (χ2n) is 11.8. The Bertz CT molecular complexity index is 1450. The van der Waals surface area contributed by atoms with Gasteiger partial charge in [-0.05, 0) is 90.0 Å². The average molecular weight is 600 g/mol. The largest absolute Gasteiger partial charge is 0.0579 e. The maximum atomic E-state index is 3.73. The summed E-state index contributed by atoms with van der Waals surface area (Å²) in [6, 6.07) is 31.7. The minimum absolute atomic E-state index is 0.118. The number of fused-ring (bicyclic) bond motifs is 3. The van der Waals surface area contributed by atoms with Crippen LogP contribution < -0.4 is 0 Å². The third kappa shape index (κ3) is 4.66. The molecule has 5 aromatic rings. The number of benzene rings is 5. The van der Waals surface area contributed by atoms with Crippen LogP contribution in [-0.2, 0) is 10.8 Å². The summed E-state index contributed by atoms with van der Waals surface area (Å²) in [5.41, 5.74) is 8.00. The molecule has 0 aliphatic carbocycles. The Hall–Kier alpha value is -2.42. The van der Waals surface area contributed by atoms with E-state index in [9.17, 15) is 0 Å². The summed E-state index contributed by atoms with van der Waals surface area (Å²) in [5, 5.41) is 5.04. The van der Waals surface area contributed by atoms with Crippen molar-refractivity contribution in [1.82, 2.24) is 0 Å². The highest BCUT2D eigenvalue weighted by atomic mass is 79.9. The fourth-order valence-electron chi connectivity index (χ4n) is 5.06. The highest BCUT2D eigenvalue weighted by molar-refractivity contribution is 9.10. The first-order valence-electron chi connectivity index (χ1n) is 12.5. The van der Waals surface area contributed by atoms with Crippen LogP contribution in [0.3, 0.4) is 0 Å². The molecule has 0 spiro atoms. The first kappa shape index (κ1) is 25.2. The van der Waals surface area contributed by atoms with Crippen molar-refractivity contribution in [3.05, 3.63) is 105 Å². The van der Waals surface area contributed by atoms with Crippen molar-refractivity contribution in [2.45, 2.75) is 52.4 Å². The predicted molar refractivity (Wildman–Crippen MR) is 165 cm³/mol. The lowest BCUT2D eigenvalue weighted by atomic mass is 9.82. The zero-order chi connectivity index (χ0) is 25.8. The normalized spacial score (nSPS) is 12.4. The Morgan fingerprint density at radius 3 is 1.06 bits per heavy atom. The molecule has 0 aromatic heterocycles. The van der Waals surface area contributed by atoms with E-state index in [1.807, 2.05) is 0 Å². The van der Waals surface area contributed by atoms with Crippen LogP contribution in [0.25, 0.3) is 43.8 Å². The molecule has 0 saturated heterocycles. The Balaban J connectivity index is 1.90. The van der Waals surface area contributed by atoms with Crippen molar-refractivity contribution in [3.8, 4) is 22.3 Å². The van der Waals surface area contributed by atoms with Crippen molar-refractivity contribution in [1.29, 1.82) is 0 Å².